The van der Waals surface area contributed by atoms with E-state index in [1.54, 1.807) is 5.57 Å². The minimum absolute atomic E-state index is 0. The van der Waals surface area contributed by atoms with Crippen molar-refractivity contribution in [3.63, 3.8) is 0 Å². The van der Waals surface area contributed by atoms with Gasteiger partial charge >= 0.3 is 0 Å². The van der Waals surface area contributed by atoms with Gasteiger partial charge in [0.15, 0.2) is 5.96 Å². The predicted octanol–water partition coefficient (Wildman–Crippen LogP) is 2.77. The van der Waals surface area contributed by atoms with Crippen LogP contribution in [0.25, 0.3) is 0 Å². The summed E-state index contributed by atoms with van der Waals surface area (Å²) in [7, 11) is 0. The zero-order valence-electron chi connectivity index (χ0n) is 15.4. The van der Waals surface area contributed by atoms with Crippen molar-refractivity contribution in [1.82, 2.24) is 15.5 Å². The molecule has 0 aromatic carbocycles. The highest BCUT2D eigenvalue weighted by molar-refractivity contribution is 14.0. The first kappa shape index (κ1) is 21.7. The number of nitrogens with one attached hydrogen (secondary N) is 2. The summed E-state index contributed by atoms with van der Waals surface area (Å²) in [6.45, 7) is 10.8. The number of aliphatic imine (C=N–C) groups is 1. The van der Waals surface area contributed by atoms with E-state index in [0.717, 1.165) is 58.3 Å². The molecular formula is C18H35IN4O. The van der Waals surface area contributed by atoms with E-state index >= 15 is 0 Å². The fourth-order valence-electron chi connectivity index (χ4n) is 3.17. The molecule has 0 bridgehead atoms. The molecule has 2 N–H and O–H groups in total. The van der Waals surface area contributed by atoms with Gasteiger partial charge < -0.3 is 15.4 Å². The summed E-state index contributed by atoms with van der Waals surface area (Å²) in [4.78, 5) is 7.23. The average molecular weight is 450 g/mol. The molecule has 0 saturated carbocycles. The molecule has 2 aliphatic rings. The van der Waals surface area contributed by atoms with Crippen LogP contribution in [0.4, 0.5) is 0 Å². The summed E-state index contributed by atoms with van der Waals surface area (Å²) < 4.78 is 5.42. The number of halogens is 1. The van der Waals surface area contributed by atoms with Gasteiger partial charge in [0.1, 0.15) is 0 Å². The Morgan fingerprint density at radius 1 is 1.29 bits per heavy atom. The number of ether oxygens (including phenoxy) is 1. The van der Waals surface area contributed by atoms with Gasteiger partial charge in [-0.1, -0.05) is 11.6 Å². The van der Waals surface area contributed by atoms with Gasteiger partial charge in [-0.25, -0.2) is 0 Å². The molecule has 1 atom stereocenters. The lowest BCUT2D eigenvalue weighted by atomic mass is 9.97. The van der Waals surface area contributed by atoms with E-state index in [1.807, 2.05) is 0 Å². The molecule has 1 unspecified atom stereocenters. The standard InChI is InChI=1S/C18H34N4O.HI/c1-3-19-18(20-10-9-17-7-5-4-6-8-17)21-15-16(2)22-11-13-23-14-12-22;/h7,16H,3-6,8-15H2,1-2H3,(H2,19,20,21);1H. The number of rotatable bonds is 7. The average Bonchev–Trinajstić information content (AvgIpc) is 2.61. The van der Waals surface area contributed by atoms with Gasteiger partial charge in [0.05, 0.1) is 19.8 Å². The molecule has 1 heterocycles. The second kappa shape index (κ2) is 12.9. The third kappa shape index (κ3) is 8.16. The first-order chi connectivity index (χ1) is 11.3. The maximum Gasteiger partial charge on any atom is 0.191 e. The van der Waals surface area contributed by atoms with E-state index in [-0.39, 0.29) is 24.0 Å². The monoisotopic (exact) mass is 450 g/mol. The van der Waals surface area contributed by atoms with E-state index in [4.69, 9.17) is 9.73 Å². The highest BCUT2D eigenvalue weighted by atomic mass is 127. The number of morpholine rings is 1. The number of nitrogens with zero attached hydrogens (tertiary/aromatic N) is 2. The Bertz CT molecular complexity index is 394. The van der Waals surface area contributed by atoms with Crippen LogP contribution in [0.3, 0.4) is 0 Å². The quantitative estimate of drug-likeness (QED) is 0.271. The maximum absolute atomic E-state index is 5.42. The van der Waals surface area contributed by atoms with E-state index in [9.17, 15) is 0 Å². The lowest BCUT2D eigenvalue weighted by Gasteiger charge is -2.31. The minimum Gasteiger partial charge on any atom is -0.379 e. The Balaban J connectivity index is 0.00000288. The Hall–Kier alpha value is -0.340. The topological polar surface area (TPSA) is 48.9 Å². The molecule has 24 heavy (non-hydrogen) atoms. The van der Waals surface area contributed by atoms with Gasteiger partial charge in [-0.15, -0.1) is 24.0 Å². The van der Waals surface area contributed by atoms with Crippen LogP contribution in [0.5, 0.6) is 0 Å². The molecule has 0 aromatic rings. The molecular weight excluding hydrogens is 415 g/mol. The number of hydrogen-bond donors (Lipinski definition) is 2. The molecule has 2 rings (SSSR count). The molecule has 0 aromatic heterocycles. The number of hydrogen-bond acceptors (Lipinski definition) is 3. The highest BCUT2D eigenvalue weighted by Crippen LogP contribution is 2.19. The second-order valence-corrected chi connectivity index (χ2v) is 6.50. The van der Waals surface area contributed by atoms with Gasteiger partial charge in [-0.2, -0.15) is 0 Å². The fraction of sp³-hybridized carbons (Fsp3) is 0.833. The Kier molecular flexibility index (Phi) is 11.7. The van der Waals surface area contributed by atoms with Gasteiger partial charge in [-0.3, -0.25) is 9.89 Å². The zero-order chi connectivity index (χ0) is 16.3. The predicted molar refractivity (Wildman–Crippen MR) is 112 cm³/mol. The highest BCUT2D eigenvalue weighted by Gasteiger charge is 2.16. The molecule has 1 aliphatic carbocycles. The maximum atomic E-state index is 5.42. The molecule has 0 amide bonds. The van der Waals surface area contributed by atoms with Crippen molar-refractivity contribution in [3.8, 4) is 0 Å². The summed E-state index contributed by atoms with van der Waals surface area (Å²) >= 11 is 0. The van der Waals surface area contributed by atoms with Crippen LogP contribution in [-0.4, -0.2) is 62.8 Å². The molecule has 0 radical (unpaired) electrons. The largest absolute Gasteiger partial charge is 0.379 e. The molecule has 6 heteroatoms. The van der Waals surface area contributed by atoms with Crippen LogP contribution in [0.2, 0.25) is 0 Å². The van der Waals surface area contributed by atoms with Crippen molar-refractivity contribution >= 4 is 29.9 Å². The molecule has 1 aliphatic heterocycles. The summed E-state index contributed by atoms with van der Waals surface area (Å²) in [5.74, 6) is 0.948. The van der Waals surface area contributed by atoms with Crippen LogP contribution in [-0.2, 0) is 4.74 Å². The summed E-state index contributed by atoms with van der Waals surface area (Å²) in [5, 5.41) is 6.84. The van der Waals surface area contributed by atoms with Crippen molar-refractivity contribution in [3.05, 3.63) is 11.6 Å². The van der Waals surface area contributed by atoms with E-state index in [2.05, 4.69) is 35.5 Å². The van der Waals surface area contributed by atoms with Gasteiger partial charge in [0, 0.05) is 32.2 Å². The normalized spacial score (nSPS) is 20.8. The molecule has 1 saturated heterocycles. The van der Waals surface area contributed by atoms with Crippen LogP contribution >= 0.6 is 24.0 Å². The van der Waals surface area contributed by atoms with Crippen molar-refractivity contribution < 1.29 is 4.74 Å². The lowest BCUT2D eigenvalue weighted by Crippen LogP contribution is -2.44. The Labute approximate surface area is 164 Å². The van der Waals surface area contributed by atoms with Gasteiger partial charge in [0.25, 0.3) is 0 Å². The fourth-order valence-corrected chi connectivity index (χ4v) is 3.17. The lowest BCUT2D eigenvalue weighted by molar-refractivity contribution is 0.0220. The smallest absolute Gasteiger partial charge is 0.191 e. The summed E-state index contributed by atoms with van der Waals surface area (Å²) in [6, 6.07) is 0.468. The van der Waals surface area contributed by atoms with Crippen LogP contribution < -0.4 is 10.6 Å². The Morgan fingerprint density at radius 3 is 2.75 bits per heavy atom. The van der Waals surface area contributed by atoms with Gasteiger partial charge in [-0.05, 0) is 46.0 Å². The van der Waals surface area contributed by atoms with Crippen molar-refractivity contribution in [1.29, 1.82) is 0 Å². The first-order valence-corrected chi connectivity index (χ1v) is 9.31. The molecule has 5 nitrogen and oxygen atoms in total. The molecule has 0 spiro atoms. The molecule has 1 fully saturated rings. The van der Waals surface area contributed by atoms with Crippen LogP contribution in [0, 0.1) is 0 Å². The SMILES string of the molecule is CCNC(=NCC(C)N1CCOCC1)NCCC1=CCCCC1.I. The van der Waals surface area contributed by atoms with E-state index < -0.39 is 0 Å². The van der Waals surface area contributed by atoms with Gasteiger partial charge in [0.2, 0.25) is 0 Å². The van der Waals surface area contributed by atoms with Crippen LogP contribution in [0.15, 0.2) is 16.6 Å². The van der Waals surface area contributed by atoms with Crippen molar-refractivity contribution in [2.24, 2.45) is 4.99 Å². The van der Waals surface area contributed by atoms with Crippen molar-refractivity contribution in [2.75, 3.05) is 45.9 Å². The molecule has 140 valence electrons. The van der Waals surface area contributed by atoms with E-state index in [1.165, 1.54) is 25.7 Å². The third-order valence-corrected chi connectivity index (χ3v) is 4.65. The zero-order valence-corrected chi connectivity index (χ0v) is 17.7. The minimum atomic E-state index is 0. The van der Waals surface area contributed by atoms with E-state index in [0.29, 0.717) is 6.04 Å². The van der Waals surface area contributed by atoms with Crippen LogP contribution in [0.1, 0.15) is 46.0 Å². The van der Waals surface area contributed by atoms with Crippen molar-refractivity contribution in [2.45, 2.75) is 52.0 Å². The third-order valence-electron chi connectivity index (χ3n) is 4.65. The Morgan fingerprint density at radius 2 is 2.08 bits per heavy atom. The number of allylic oxidation sites excluding steroid dienone is 1. The summed E-state index contributed by atoms with van der Waals surface area (Å²) in [5.41, 5.74) is 1.61. The number of guanidine groups is 1. The first-order valence-electron chi connectivity index (χ1n) is 9.31. The second-order valence-electron chi connectivity index (χ2n) is 6.50. The summed E-state index contributed by atoms with van der Waals surface area (Å²) in [6.07, 6.45) is 8.83.